The van der Waals surface area contributed by atoms with Crippen molar-refractivity contribution in [2.75, 3.05) is 5.75 Å². The van der Waals surface area contributed by atoms with Gasteiger partial charge in [-0.2, -0.15) is 0 Å². The molecule has 0 atom stereocenters. The summed E-state index contributed by atoms with van der Waals surface area (Å²) in [5, 5.41) is 0. The van der Waals surface area contributed by atoms with Gasteiger partial charge in [0.15, 0.2) is 3.95 Å². The zero-order chi connectivity index (χ0) is 6.62. The molecule has 0 saturated heterocycles. The van der Waals surface area contributed by atoms with Gasteiger partial charge in [0.05, 0.1) is 5.75 Å². The molecular formula is C3H3Cl2PS2. The Morgan fingerprint density at radius 1 is 1.75 bits per heavy atom. The lowest BCUT2D eigenvalue weighted by molar-refractivity contribution is 1.99. The van der Waals surface area contributed by atoms with Crippen LogP contribution in [0.2, 0.25) is 0 Å². The normalized spacial score (nSPS) is 10.6. The van der Waals surface area contributed by atoms with E-state index in [2.05, 4.69) is 17.7 Å². The first-order valence-electron chi connectivity index (χ1n) is 1.63. The summed E-state index contributed by atoms with van der Waals surface area (Å²) in [6, 6.07) is 0. The summed E-state index contributed by atoms with van der Waals surface area (Å²) >= 11 is 16.9. The van der Waals surface area contributed by atoms with Gasteiger partial charge in [-0.1, -0.05) is 51.6 Å². The van der Waals surface area contributed by atoms with E-state index in [1.807, 2.05) is 0 Å². The smallest absolute Gasteiger partial charge is 0.119 e. The van der Waals surface area contributed by atoms with E-state index in [4.69, 9.17) is 28.9 Å². The molecule has 0 heterocycles. The molecule has 0 bridgehead atoms. The summed E-state index contributed by atoms with van der Waals surface area (Å²) < 4.78 is -2.13. The molecule has 0 aromatic rings. The van der Waals surface area contributed by atoms with Crippen LogP contribution in [-0.4, -0.2) is 5.75 Å². The first-order chi connectivity index (χ1) is 3.56. The van der Waals surface area contributed by atoms with Gasteiger partial charge in [-0.15, -0.1) is 6.42 Å². The average Bonchev–Trinajstić information content (AvgIpc) is 1.59. The van der Waals surface area contributed by atoms with Gasteiger partial charge >= 0.3 is 0 Å². The SMILES string of the molecule is C#CCSP(=S)(Cl)Cl. The first kappa shape index (κ1) is 9.14. The third kappa shape index (κ3) is 7.14. The lowest BCUT2D eigenvalue weighted by atomic mass is 10.8. The van der Waals surface area contributed by atoms with E-state index in [9.17, 15) is 0 Å². The molecule has 0 aliphatic carbocycles. The van der Waals surface area contributed by atoms with Crippen molar-refractivity contribution in [3.8, 4) is 12.3 Å². The van der Waals surface area contributed by atoms with Crippen LogP contribution in [-0.2, 0) is 11.8 Å². The standard InChI is InChI=1S/C3H3Cl2PS2/c1-2-3-8-6(4,5)7/h1H,3H2. The number of terminal acetylenes is 1. The molecule has 0 spiro atoms. The zero-order valence-corrected chi connectivity index (χ0v) is 7.84. The van der Waals surface area contributed by atoms with E-state index in [1.54, 1.807) is 0 Å². The van der Waals surface area contributed by atoms with Crippen LogP contribution in [0.5, 0.6) is 0 Å². The number of hydrogen-bond acceptors (Lipinski definition) is 2. The summed E-state index contributed by atoms with van der Waals surface area (Å²) in [5.41, 5.74) is 0. The highest BCUT2D eigenvalue weighted by molar-refractivity contribution is 8.85. The topological polar surface area (TPSA) is 0 Å². The summed E-state index contributed by atoms with van der Waals surface area (Å²) in [6.07, 6.45) is 4.92. The van der Waals surface area contributed by atoms with E-state index in [0.29, 0.717) is 5.75 Å². The van der Waals surface area contributed by atoms with Crippen LogP contribution in [0.15, 0.2) is 0 Å². The third-order valence-electron chi connectivity index (χ3n) is 0.298. The molecule has 0 fully saturated rings. The van der Waals surface area contributed by atoms with Gasteiger partial charge in [0.2, 0.25) is 0 Å². The summed E-state index contributed by atoms with van der Waals surface area (Å²) in [7, 11) is 0. The molecule has 5 heteroatoms. The van der Waals surface area contributed by atoms with Crippen LogP contribution < -0.4 is 0 Å². The maximum Gasteiger partial charge on any atom is 0.171 e. The lowest BCUT2D eigenvalue weighted by Crippen LogP contribution is -1.60. The fourth-order valence-corrected chi connectivity index (χ4v) is 2.36. The Bertz CT molecular complexity index is 144. The number of rotatable bonds is 2. The second-order valence-electron chi connectivity index (χ2n) is 0.892. The molecule has 0 rings (SSSR count). The van der Waals surface area contributed by atoms with Crippen molar-refractivity contribution in [1.82, 2.24) is 0 Å². The van der Waals surface area contributed by atoms with Gasteiger partial charge in [-0.3, -0.25) is 0 Å². The average molecular weight is 205 g/mol. The fourth-order valence-electron chi connectivity index (χ4n) is 0.112. The van der Waals surface area contributed by atoms with Gasteiger partial charge in [-0.25, -0.2) is 0 Å². The van der Waals surface area contributed by atoms with Gasteiger partial charge in [-0.05, 0) is 0 Å². The summed E-state index contributed by atoms with van der Waals surface area (Å²) in [5.74, 6) is 2.88. The summed E-state index contributed by atoms with van der Waals surface area (Å²) in [6.45, 7) is 0. The zero-order valence-electron chi connectivity index (χ0n) is 3.80. The Morgan fingerprint density at radius 2 is 2.25 bits per heavy atom. The molecule has 0 aliphatic rings. The Balaban J connectivity index is 3.45. The molecule has 0 nitrogen and oxygen atoms in total. The highest BCUT2D eigenvalue weighted by atomic mass is 35.9. The van der Waals surface area contributed by atoms with Crippen LogP contribution >= 0.6 is 37.8 Å². The monoisotopic (exact) mass is 204 g/mol. The van der Waals surface area contributed by atoms with E-state index < -0.39 is 3.95 Å². The predicted molar refractivity (Wildman–Crippen MR) is 47.3 cm³/mol. The maximum atomic E-state index is 5.47. The van der Waals surface area contributed by atoms with Crippen LogP contribution in [0, 0.1) is 12.3 Å². The van der Waals surface area contributed by atoms with E-state index in [0.717, 1.165) is 0 Å². The van der Waals surface area contributed by atoms with Crippen molar-refractivity contribution in [2.45, 2.75) is 0 Å². The van der Waals surface area contributed by atoms with E-state index >= 15 is 0 Å². The molecule has 0 radical (unpaired) electrons. The second kappa shape index (κ2) is 4.04. The molecule has 0 N–H and O–H groups in total. The van der Waals surface area contributed by atoms with Crippen LogP contribution in [0.4, 0.5) is 0 Å². The molecular weight excluding hydrogens is 202 g/mol. The summed E-state index contributed by atoms with van der Waals surface area (Å²) in [4.78, 5) is 0. The molecule has 0 amide bonds. The Kier molecular flexibility index (Phi) is 4.61. The predicted octanol–water partition coefficient (Wildman–Crippen LogP) is 3.05. The molecule has 0 aliphatic heterocycles. The van der Waals surface area contributed by atoms with E-state index in [-0.39, 0.29) is 0 Å². The van der Waals surface area contributed by atoms with Crippen molar-refractivity contribution < 1.29 is 0 Å². The van der Waals surface area contributed by atoms with Gasteiger partial charge in [0, 0.05) is 0 Å². The van der Waals surface area contributed by atoms with Gasteiger partial charge in [0.1, 0.15) is 0 Å². The van der Waals surface area contributed by atoms with Crippen molar-refractivity contribution >= 4 is 49.6 Å². The van der Waals surface area contributed by atoms with Crippen LogP contribution in [0.1, 0.15) is 0 Å². The second-order valence-corrected chi connectivity index (χ2v) is 13.0. The minimum Gasteiger partial charge on any atom is -0.119 e. The highest BCUT2D eigenvalue weighted by Gasteiger charge is 2.05. The van der Waals surface area contributed by atoms with Gasteiger partial charge in [0.25, 0.3) is 0 Å². The molecule has 0 unspecified atom stereocenters. The van der Waals surface area contributed by atoms with Crippen molar-refractivity contribution in [3.63, 3.8) is 0 Å². The minimum absolute atomic E-state index is 0.504. The third-order valence-corrected chi connectivity index (χ3v) is 4.89. The molecule has 8 heavy (non-hydrogen) atoms. The minimum atomic E-state index is -2.13. The first-order valence-corrected chi connectivity index (χ1v) is 7.84. The Labute approximate surface area is 67.7 Å². The lowest BCUT2D eigenvalue weighted by Gasteiger charge is -1.97. The largest absolute Gasteiger partial charge is 0.171 e. The van der Waals surface area contributed by atoms with Crippen LogP contribution in [0.3, 0.4) is 0 Å². The fraction of sp³-hybridized carbons (Fsp3) is 0.333. The maximum absolute atomic E-state index is 5.47. The van der Waals surface area contributed by atoms with Gasteiger partial charge < -0.3 is 0 Å². The number of halogens is 2. The van der Waals surface area contributed by atoms with Crippen molar-refractivity contribution in [3.05, 3.63) is 0 Å². The highest BCUT2D eigenvalue weighted by Crippen LogP contribution is 2.68. The Morgan fingerprint density at radius 3 is 2.38 bits per heavy atom. The van der Waals surface area contributed by atoms with Crippen molar-refractivity contribution in [1.29, 1.82) is 0 Å². The van der Waals surface area contributed by atoms with Crippen molar-refractivity contribution in [2.24, 2.45) is 0 Å². The molecule has 0 saturated carbocycles. The number of hydrogen-bond donors (Lipinski definition) is 0. The molecule has 46 valence electrons. The Hall–Kier alpha value is 1.14. The molecule has 0 aromatic carbocycles. The molecule has 0 aromatic heterocycles. The quantitative estimate of drug-likeness (QED) is 0.501. The van der Waals surface area contributed by atoms with Crippen LogP contribution in [0.25, 0.3) is 0 Å². The van der Waals surface area contributed by atoms with E-state index in [1.165, 1.54) is 11.4 Å².